The topological polar surface area (TPSA) is 17.1 Å². The molecule has 0 heterocycles. The number of allylic oxidation sites excluding steroid dienone is 2. The fourth-order valence-corrected chi connectivity index (χ4v) is 1.16. The van der Waals surface area contributed by atoms with Gasteiger partial charge in [0.1, 0.15) is 0 Å². The van der Waals surface area contributed by atoms with Crippen molar-refractivity contribution in [3.63, 3.8) is 0 Å². The summed E-state index contributed by atoms with van der Waals surface area (Å²) in [6.07, 6.45) is 3.85. The third-order valence-electron chi connectivity index (χ3n) is 1.80. The van der Waals surface area contributed by atoms with E-state index in [1.54, 1.807) is 0 Å². The molecule has 1 nitrogen and oxygen atoms in total. The van der Waals surface area contributed by atoms with Gasteiger partial charge in [0.25, 0.3) is 0 Å². The minimum absolute atomic E-state index is 0.327. The van der Waals surface area contributed by atoms with Crippen molar-refractivity contribution in [1.29, 1.82) is 0 Å². The van der Waals surface area contributed by atoms with E-state index in [1.165, 1.54) is 0 Å². The number of ketones is 1. The Balaban J connectivity index is 2.72. The number of carbonyl (C=O) groups is 1. The minimum Gasteiger partial charge on any atom is -0.295 e. The van der Waals surface area contributed by atoms with Gasteiger partial charge < -0.3 is 0 Å². The third kappa shape index (κ3) is 1.41. The molecule has 0 fully saturated rings. The van der Waals surface area contributed by atoms with Crippen LogP contribution in [-0.4, -0.2) is 5.78 Å². The van der Waals surface area contributed by atoms with E-state index in [2.05, 4.69) is 13.0 Å². The molecule has 1 aliphatic rings. The van der Waals surface area contributed by atoms with Crippen molar-refractivity contribution in [2.24, 2.45) is 5.92 Å². The van der Waals surface area contributed by atoms with Crippen LogP contribution in [0.1, 0.15) is 26.7 Å². The lowest BCUT2D eigenvalue weighted by Crippen LogP contribution is -2.09. The Hall–Kier alpha value is -0.590. The zero-order valence-electron chi connectivity index (χ0n) is 5.98. The number of hydrogen-bond acceptors (Lipinski definition) is 1. The first-order valence-electron chi connectivity index (χ1n) is 3.42. The number of Topliss-reactive ketones (excluding diaryl/α,β-unsaturated/α-hetero) is 1. The second-order valence-electron chi connectivity index (χ2n) is 2.79. The van der Waals surface area contributed by atoms with Crippen molar-refractivity contribution < 1.29 is 4.79 Å². The maximum absolute atomic E-state index is 10.9. The molecule has 0 aromatic heterocycles. The highest BCUT2D eigenvalue weighted by Gasteiger charge is 2.12. The monoisotopic (exact) mass is 124 g/mol. The van der Waals surface area contributed by atoms with Crippen LogP contribution >= 0.6 is 0 Å². The number of hydrogen-bond donors (Lipinski definition) is 0. The van der Waals surface area contributed by atoms with Gasteiger partial charge in [-0.2, -0.15) is 0 Å². The van der Waals surface area contributed by atoms with Gasteiger partial charge in [0.2, 0.25) is 0 Å². The van der Waals surface area contributed by atoms with Crippen LogP contribution in [0.15, 0.2) is 11.6 Å². The molecule has 0 aliphatic heterocycles. The maximum Gasteiger partial charge on any atom is 0.158 e. The predicted octanol–water partition coefficient (Wildman–Crippen LogP) is 1.93. The summed E-state index contributed by atoms with van der Waals surface area (Å²) in [6, 6.07) is 0. The van der Waals surface area contributed by atoms with Crippen LogP contribution in [0.3, 0.4) is 0 Å². The maximum atomic E-state index is 10.9. The molecule has 1 atom stereocenters. The Morgan fingerprint density at radius 3 is 2.78 bits per heavy atom. The molecule has 0 amide bonds. The molecule has 1 unspecified atom stereocenters. The summed E-state index contributed by atoms with van der Waals surface area (Å²) in [5.74, 6) is 0.941. The summed E-state index contributed by atoms with van der Waals surface area (Å²) in [5, 5.41) is 0. The van der Waals surface area contributed by atoms with E-state index < -0.39 is 0 Å². The molecule has 0 saturated carbocycles. The standard InChI is InChI=1S/C8H12O/c1-6-3-4-8(9)7(2)5-6/h5-6H,3-4H2,1-2H3. The van der Waals surface area contributed by atoms with E-state index in [1.807, 2.05) is 6.92 Å². The van der Waals surface area contributed by atoms with Crippen LogP contribution < -0.4 is 0 Å². The van der Waals surface area contributed by atoms with Crippen LogP contribution in [0.4, 0.5) is 0 Å². The van der Waals surface area contributed by atoms with E-state index in [0.717, 1.165) is 18.4 Å². The lowest BCUT2D eigenvalue weighted by Gasteiger charge is -2.12. The van der Waals surface area contributed by atoms with Gasteiger partial charge in [-0.05, 0) is 24.8 Å². The van der Waals surface area contributed by atoms with E-state index in [9.17, 15) is 4.79 Å². The normalized spacial score (nSPS) is 28.0. The first kappa shape index (κ1) is 6.53. The molecule has 0 aromatic rings. The molecule has 50 valence electrons. The Bertz CT molecular complexity index is 156. The zero-order valence-corrected chi connectivity index (χ0v) is 5.98. The predicted molar refractivity (Wildman–Crippen MR) is 37.2 cm³/mol. The Morgan fingerprint density at radius 1 is 1.67 bits per heavy atom. The smallest absolute Gasteiger partial charge is 0.158 e. The Kier molecular flexibility index (Phi) is 1.70. The zero-order chi connectivity index (χ0) is 6.85. The van der Waals surface area contributed by atoms with E-state index in [0.29, 0.717) is 11.7 Å². The lowest BCUT2D eigenvalue weighted by molar-refractivity contribution is -0.116. The largest absolute Gasteiger partial charge is 0.295 e. The van der Waals surface area contributed by atoms with Gasteiger partial charge in [0, 0.05) is 6.42 Å². The molecule has 0 aromatic carbocycles. The van der Waals surface area contributed by atoms with Crippen molar-refractivity contribution in [1.82, 2.24) is 0 Å². The van der Waals surface area contributed by atoms with Crippen molar-refractivity contribution >= 4 is 5.78 Å². The second-order valence-corrected chi connectivity index (χ2v) is 2.79. The summed E-state index contributed by atoms with van der Waals surface area (Å²) in [4.78, 5) is 10.9. The average molecular weight is 124 g/mol. The molecule has 0 bridgehead atoms. The fraction of sp³-hybridized carbons (Fsp3) is 0.625. The molecule has 1 rings (SSSR count). The van der Waals surface area contributed by atoms with Gasteiger partial charge >= 0.3 is 0 Å². The molecule has 0 spiro atoms. The molecular formula is C8H12O. The molecule has 9 heavy (non-hydrogen) atoms. The van der Waals surface area contributed by atoms with Gasteiger partial charge in [-0.1, -0.05) is 13.0 Å². The van der Waals surface area contributed by atoms with Crippen molar-refractivity contribution in [2.75, 3.05) is 0 Å². The summed E-state index contributed by atoms with van der Waals surface area (Å²) in [6.45, 7) is 4.05. The van der Waals surface area contributed by atoms with Crippen molar-refractivity contribution in [3.05, 3.63) is 11.6 Å². The number of rotatable bonds is 0. The summed E-state index contributed by atoms with van der Waals surface area (Å²) >= 11 is 0. The Morgan fingerprint density at radius 2 is 2.33 bits per heavy atom. The molecule has 1 aliphatic carbocycles. The van der Waals surface area contributed by atoms with Crippen LogP contribution in [0, 0.1) is 5.92 Å². The van der Waals surface area contributed by atoms with E-state index >= 15 is 0 Å². The Labute approximate surface area is 55.8 Å². The first-order chi connectivity index (χ1) is 4.20. The van der Waals surface area contributed by atoms with Crippen LogP contribution in [-0.2, 0) is 4.79 Å². The number of carbonyl (C=O) groups excluding carboxylic acids is 1. The lowest BCUT2D eigenvalue weighted by atomic mass is 9.92. The summed E-state index contributed by atoms with van der Waals surface area (Å²) in [7, 11) is 0. The molecule has 0 N–H and O–H groups in total. The van der Waals surface area contributed by atoms with Gasteiger partial charge in [0.15, 0.2) is 5.78 Å². The van der Waals surface area contributed by atoms with E-state index in [4.69, 9.17) is 0 Å². The van der Waals surface area contributed by atoms with Crippen molar-refractivity contribution in [3.8, 4) is 0 Å². The van der Waals surface area contributed by atoms with Crippen molar-refractivity contribution in [2.45, 2.75) is 26.7 Å². The molecular weight excluding hydrogens is 112 g/mol. The minimum atomic E-state index is 0.327. The summed E-state index contributed by atoms with van der Waals surface area (Å²) in [5.41, 5.74) is 0.953. The van der Waals surface area contributed by atoms with Crippen LogP contribution in [0.5, 0.6) is 0 Å². The van der Waals surface area contributed by atoms with Gasteiger partial charge in [-0.25, -0.2) is 0 Å². The highest BCUT2D eigenvalue weighted by molar-refractivity contribution is 5.95. The first-order valence-corrected chi connectivity index (χ1v) is 3.42. The van der Waals surface area contributed by atoms with Gasteiger partial charge in [-0.3, -0.25) is 4.79 Å². The van der Waals surface area contributed by atoms with Crippen LogP contribution in [0.2, 0.25) is 0 Å². The van der Waals surface area contributed by atoms with Gasteiger partial charge in [0.05, 0.1) is 0 Å². The highest BCUT2D eigenvalue weighted by atomic mass is 16.1. The summed E-state index contributed by atoms with van der Waals surface area (Å²) < 4.78 is 0. The highest BCUT2D eigenvalue weighted by Crippen LogP contribution is 2.18. The average Bonchev–Trinajstić information content (AvgIpc) is 1.80. The van der Waals surface area contributed by atoms with E-state index in [-0.39, 0.29) is 0 Å². The fourth-order valence-electron chi connectivity index (χ4n) is 1.16. The third-order valence-corrected chi connectivity index (χ3v) is 1.80. The second kappa shape index (κ2) is 2.34. The quantitative estimate of drug-likeness (QED) is 0.482. The van der Waals surface area contributed by atoms with Gasteiger partial charge in [-0.15, -0.1) is 0 Å². The molecule has 1 heteroatoms. The molecule has 0 saturated heterocycles. The van der Waals surface area contributed by atoms with Crippen LogP contribution in [0.25, 0.3) is 0 Å². The molecule has 0 radical (unpaired) electrons. The SMILES string of the molecule is CC1=CC(C)CCC1=O.